The van der Waals surface area contributed by atoms with Gasteiger partial charge < -0.3 is 0 Å². The lowest BCUT2D eigenvalue weighted by atomic mass is 10.1. The Hall–Kier alpha value is -2.92. The van der Waals surface area contributed by atoms with E-state index < -0.39 is 36.4 Å². The summed E-state index contributed by atoms with van der Waals surface area (Å²) in [7, 11) is -7.79. The van der Waals surface area contributed by atoms with Gasteiger partial charge in [0.2, 0.25) is 0 Å². The van der Waals surface area contributed by atoms with Crippen LogP contribution in [0.4, 0.5) is 14.5 Å². The van der Waals surface area contributed by atoms with Crippen molar-refractivity contribution in [1.82, 2.24) is 10.2 Å². The molecule has 3 rings (SSSR count). The molecular weight excluding hydrogens is 412 g/mol. The van der Waals surface area contributed by atoms with Crippen LogP contribution in [0.5, 0.6) is 0 Å². The van der Waals surface area contributed by atoms with Crippen LogP contribution >= 0.6 is 0 Å². The second-order valence-electron chi connectivity index (χ2n) is 5.79. The normalized spacial score (nSPS) is 12.0. The first-order valence-electron chi connectivity index (χ1n) is 7.68. The molecule has 0 aliphatic heterocycles. The maximum atomic E-state index is 13.8. The molecule has 0 fully saturated rings. The zero-order chi connectivity index (χ0) is 20.5. The van der Waals surface area contributed by atoms with Crippen molar-refractivity contribution in [2.75, 3.05) is 11.0 Å². The highest BCUT2D eigenvalue weighted by atomic mass is 32.2. The highest BCUT2D eigenvalue weighted by Gasteiger charge is 2.20. The first-order chi connectivity index (χ1) is 13.1. The van der Waals surface area contributed by atoms with E-state index in [1.54, 1.807) is 6.07 Å². The zero-order valence-corrected chi connectivity index (χ0v) is 15.9. The number of hydrogen-bond acceptors (Lipinski definition) is 6. The highest BCUT2D eigenvalue weighted by Crippen LogP contribution is 2.24. The molecule has 11 heteroatoms. The van der Waals surface area contributed by atoms with Gasteiger partial charge >= 0.3 is 0 Å². The van der Waals surface area contributed by atoms with E-state index in [0.29, 0.717) is 17.3 Å². The summed E-state index contributed by atoms with van der Waals surface area (Å²) in [6, 6.07) is 10.8. The molecule has 1 N–H and O–H groups in total. The first-order valence-corrected chi connectivity index (χ1v) is 11.1. The fourth-order valence-corrected chi connectivity index (χ4v) is 3.93. The van der Waals surface area contributed by atoms with Gasteiger partial charge in [0.15, 0.2) is 14.9 Å². The summed E-state index contributed by atoms with van der Waals surface area (Å²) in [5.41, 5.74) is 0.865. The number of anilines is 1. The summed E-state index contributed by atoms with van der Waals surface area (Å²) >= 11 is 0. The Kier molecular flexibility index (Phi) is 5.13. The molecule has 1 aromatic heterocycles. The standard InChI is InChI=1S/C17H13F2N3O4S2/c1-27(23,24)17-8-6-15(20-21-17)11-3-2-4-13(9-11)22-28(25,26)16-7-5-12(18)10-14(16)19/h2-10,22H,1H3. The molecule has 146 valence electrons. The Morgan fingerprint density at radius 2 is 1.64 bits per heavy atom. The Bertz CT molecular complexity index is 1250. The highest BCUT2D eigenvalue weighted by molar-refractivity contribution is 7.92. The summed E-state index contributed by atoms with van der Waals surface area (Å²) in [5, 5.41) is 7.27. The number of aromatic nitrogens is 2. The maximum absolute atomic E-state index is 13.8. The van der Waals surface area contributed by atoms with Crippen LogP contribution in [-0.4, -0.2) is 33.3 Å². The SMILES string of the molecule is CS(=O)(=O)c1ccc(-c2cccc(NS(=O)(=O)c3ccc(F)cc3F)c2)nn1. The molecule has 0 aliphatic rings. The number of nitrogens with one attached hydrogen (secondary N) is 1. The minimum absolute atomic E-state index is 0.107. The molecule has 0 atom stereocenters. The number of sulfone groups is 1. The van der Waals surface area contributed by atoms with Gasteiger partial charge in [0.05, 0.1) is 5.69 Å². The third-order valence-electron chi connectivity index (χ3n) is 3.61. The van der Waals surface area contributed by atoms with E-state index in [2.05, 4.69) is 14.9 Å². The van der Waals surface area contributed by atoms with Gasteiger partial charge in [-0.2, -0.15) is 0 Å². The maximum Gasteiger partial charge on any atom is 0.264 e. The lowest BCUT2D eigenvalue weighted by Gasteiger charge is -2.10. The number of halogens is 2. The molecule has 0 bridgehead atoms. The van der Waals surface area contributed by atoms with E-state index in [1.165, 1.54) is 30.3 Å². The Morgan fingerprint density at radius 3 is 2.25 bits per heavy atom. The molecule has 3 aromatic rings. The fraction of sp³-hybridized carbons (Fsp3) is 0.0588. The molecule has 1 heterocycles. The number of rotatable bonds is 5. The first kappa shape index (κ1) is 19.8. The van der Waals surface area contributed by atoms with Crippen molar-refractivity contribution in [3.8, 4) is 11.3 Å². The summed E-state index contributed by atoms with van der Waals surface area (Å²) in [4.78, 5) is -0.698. The second kappa shape index (κ2) is 7.24. The van der Waals surface area contributed by atoms with E-state index in [9.17, 15) is 25.6 Å². The number of nitrogens with zero attached hydrogens (tertiary/aromatic N) is 2. The van der Waals surface area contributed by atoms with E-state index in [-0.39, 0.29) is 10.7 Å². The van der Waals surface area contributed by atoms with Crippen LogP contribution in [0, 0.1) is 11.6 Å². The number of sulfonamides is 1. The third-order valence-corrected chi connectivity index (χ3v) is 6.01. The molecule has 0 spiro atoms. The summed E-state index contributed by atoms with van der Waals surface area (Å²) in [6.07, 6.45) is 1.00. The van der Waals surface area contributed by atoms with E-state index >= 15 is 0 Å². The fourth-order valence-electron chi connectivity index (χ4n) is 2.32. The zero-order valence-electron chi connectivity index (χ0n) is 14.3. The van der Waals surface area contributed by atoms with Crippen LogP contribution in [0.1, 0.15) is 0 Å². The van der Waals surface area contributed by atoms with Crippen molar-refractivity contribution in [3.05, 3.63) is 66.2 Å². The van der Waals surface area contributed by atoms with Crippen molar-refractivity contribution >= 4 is 25.5 Å². The van der Waals surface area contributed by atoms with Crippen LogP contribution in [0.3, 0.4) is 0 Å². The number of hydrogen-bond donors (Lipinski definition) is 1. The van der Waals surface area contributed by atoms with Crippen LogP contribution in [-0.2, 0) is 19.9 Å². The number of benzene rings is 2. The molecule has 0 unspecified atom stereocenters. The molecule has 7 nitrogen and oxygen atoms in total. The largest absolute Gasteiger partial charge is 0.280 e. The molecule has 0 saturated heterocycles. The van der Waals surface area contributed by atoms with Gasteiger partial charge in [0, 0.05) is 23.6 Å². The third kappa shape index (κ3) is 4.31. The topological polar surface area (TPSA) is 106 Å². The minimum Gasteiger partial charge on any atom is -0.280 e. The molecule has 28 heavy (non-hydrogen) atoms. The van der Waals surface area contributed by atoms with E-state index in [4.69, 9.17) is 0 Å². The van der Waals surface area contributed by atoms with E-state index in [0.717, 1.165) is 18.4 Å². The Balaban J connectivity index is 1.91. The van der Waals surface area contributed by atoms with Gasteiger partial charge in [-0.25, -0.2) is 25.6 Å². The molecular formula is C17H13F2N3O4S2. The summed E-state index contributed by atoms with van der Waals surface area (Å²) in [6.45, 7) is 0. The van der Waals surface area contributed by atoms with Gasteiger partial charge in [0.1, 0.15) is 16.5 Å². The van der Waals surface area contributed by atoms with Crippen molar-refractivity contribution in [3.63, 3.8) is 0 Å². The molecule has 0 amide bonds. The van der Waals surface area contributed by atoms with Gasteiger partial charge in [-0.3, -0.25) is 4.72 Å². The lowest BCUT2D eigenvalue weighted by molar-refractivity contribution is 0.551. The Morgan fingerprint density at radius 1 is 0.893 bits per heavy atom. The van der Waals surface area contributed by atoms with Gasteiger partial charge in [-0.1, -0.05) is 12.1 Å². The summed E-state index contributed by atoms with van der Waals surface area (Å²) in [5.74, 6) is -2.11. The van der Waals surface area contributed by atoms with Crippen molar-refractivity contribution in [2.45, 2.75) is 9.92 Å². The van der Waals surface area contributed by atoms with Crippen molar-refractivity contribution < 1.29 is 25.6 Å². The predicted molar refractivity (Wildman–Crippen MR) is 97.7 cm³/mol. The van der Waals surface area contributed by atoms with Gasteiger partial charge in [-0.15, -0.1) is 10.2 Å². The van der Waals surface area contributed by atoms with Gasteiger partial charge in [0.25, 0.3) is 10.0 Å². The van der Waals surface area contributed by atoms with Crippen LogP contribution in [0.2, 0.25) is 0 Å². The predicted octanol–water partition coefficient (Wildman–Crippen LogP) is 2.63. The molecule has 2 aromatic carbocycles. The van der Waals surface area contributed by atoms with Crippen LogP contribution in [0.15, 0.2) is 64.5 Å². The average Bonchev–Trinajstić information content (AvgIpc) is 2.60. The quantitative estimate of drug-likeness (QED) is 0.674. The molecule has 0 saturated carbocycles. The smallest absolute Gasteiger partial charge is 0.264 e. The molecule has 0 radical (unpaired) electrons. The van der Waals surface area contributed by atoms with Crippen LogP contribution in [0.25, 0.3) is 11.3 Å². The van der Waals surface area contributed by atoms with E-state index in [1.807, 2.05) is 0 Å². The second-order valence-corrected chi connectivity index (χ2v) is 9.40. The summed E-state index contributed by atoms with van der Waals surface area (Å²) < 4.78 is 76.6. The average molecular weight is 425 g/mol. The van der Waals surface area contributed by atoms with Crippen molar-refractivity contribution in [2.24, 2.45) is 0 Å². The molecule has 0 aliphatic carbocycles. The monoisotopic (exact) mass is 425 g/mol. The van der Waals surface area contributed by atoms with Crippen molar-refractivity contribution in [1.29, 1.82) is 0 Å². The van der Waals surface area contributed by atoms with Crippen LogP contribution < -0.4 is 4.72 Å². The minimum atomic E-state index is -4.29. The lowest BCUT2D eigenvalue weighted by Crippen LogP contribution is -2.14. The Labute approximate surface area is 160 Å². The van der Waals surface area contributed by atoms with Gasteiger partial charge in [-0.05, 0) is 36.4 Å².